The Morgan fingerprint density at radius 1 is 1.18 bits per heavy atom. The van der Waals surface area contributed by atoms with Gasteiger partial charge in [0.25, 0.3) is 0 Å². The van der Waals surface area contributed by atoms with Gasteiger partial charge in [0.15, 0.2) is 0 Å². The van der Waals surface area contributed by atoms with Gasteiger partial charge in [-0.2, -0.15) is 5.26 Å². The molecule has 0 amide bonds. The molecule has 2 bridgehead atoms. The summed E-state index contributed by atoms with van der Waals surface area (Å²) in [5.74, 6) is 0. The first-order valence-corrected chi connectivity index (χ1v) is 6.65. The summed E-state index contributed by atoms with van der Waals surface area (Å²) in [6.07, 6.45) is 5.11. The Bertz CT molecular complexity index is 332. The van der Waals surface area contributed by atoms with Crippen LogP contribution < -0.4 is 5.32 Å². The summed E-state index contributed by atoms with van der Waals surface area (Å²) in [7, 11) is 0. The zero-order valence-electron chi connectivity index (χ0n) is 10.1. The van der Waals surface area contributed by atoms with Crippen LogP contribution >= 0.6 is 0 Å². The normalized spacial score (nSPS) is 44.2. The molecule has 2 unspecified atom stereocenters. The molecule has 0 aromatic rings. The summed E-state index contributed by atoms with van der Waals surface area (Å²) in [6.45, 7) is 1.22. The summed E-state index contributed by atoms with van der Waals surface area (Å²) in [4.78, 5) is 0. The topological polar surface area (TPSA) is 65.3 Å². The summed E-state index contributed by atoms with van der Waals surface area (Å²) in [6, 6.07) is 3.26. The van der Waals surface area contributed by atoms with E-state index in [4.69, 9.17) is 4.74 Å². The lowest BCUT2D eigenvalue weighted by atomic mass is 9.62. The van der Waals surface area contributed by atoms with E-state index in [2.05, 4.69) is 11.4 Å². The van der Waals surface area contributed by atoms with Crippen LogP contribution in [0.5, 0.6) is 0 Å². The van der Waals surface area contributed by atoms with Gasteiger partial charge in [0.1, 0.15) is 0 Å². The van der Waals surface area contributed by atoms with Gasteiger partial charge in [0.05, 0.1) is 17.1 Å². The molecule has 2 N–H and O–H groups in total. The highest BCUT2D eigenvalue weighted by Gasteiger charge is 2.56. The van der Waals surface area contributed by atoms with Gasteiger partial charge in [-0.3, -0.25) is 0 Å². The predicted molar refractivity (Wildman–Crippen MR) is 62.2 cm³/mol. The molecular formula is C13H20N2O2. The molecular weight excluding hydrogens is 216 g/mol. The Morgan fingerprint density at radius 3 is 2.29 bits per heavy atom. The molecule has 2 atom stereocenters. The van der Waals surface area contributed by atoms with Crippen LogP contribution in [0.25, 0.3) is 0 Å². The molecule has 0 saturated carbocycles. The van der Waals surface area contributed by atoms with Gasteiger partial charge in [0.2, 0.25) is 0 Å². The maximum Gasteiger partial charge on any atom is 0.0905 e. The molecule has 17 heavy (non-hydrogen) atoms. The van der Waals surface area contributed by atoms with Gasteiger partial charge >= 0.3 is 0 Å². The molecule has 4 nitrogen and oxygen atoms in total. The first-order chi connectivity index (χ1) is 8.17. The van der Waals surface area contributed by atoms with Crippen molar-refractivity contribution in [2.45, 2.75) is 56.2 Å². The fourth-order valence-corrected chi connectivity index (χ4v) is 3.91. The van der Waals surface area contributed by atoms with Crippen LogP contribution in [0.2, 0.25) is 0 Å². The minimum atomic E-state index is -0.803. The minimum absolute atomic E-state index is 0.409. The van der Waals surface area contributed by atoms with Crippen LogP contribution in [-0.4, -0.2) is 36.0 Å². The Kier molecular flexibility index (Phi) is 2.66. The molecule has 3 saturated heterocycles. The number of piperidine rings is 1. The number of hydrogen-bond acceptors (Lipinski definition) is 4. The van der Waals surface area contributed by atoms with Crippen molar-refractivity contribution in [3.05, 3.63) is 0 Å². The van der Waals surface area contributed by atoms with Crippen molar-refractivity contribution in [2.24, 2.45) is 5.41 Å². The molecule has 4 heteroatoms. The molecule has 0 aromatic carbocycles. The number of aliphatic hydroxyl groups is 1. The molecule has 0 aliphatic carbocycles. The van der Waals surface area contributed by atoms with E-state index in [9.17, 15) is 10.4 Å². The predicted octanol–water partition coefficient (Wildman–Crippen LogP) is 0.952. The van der Waals surface area contributed by atoms with E-state index in [0.29, 0.717) is 38.1 Å². The Labute approximate surface area is 102 Å². The van der Waals surface area contributed by atoms with Crippen LogP contribution in [0, 0.1) is 16.7 Å². The molecule has 3 aliphatic heterocycles. The van der Waals surface area contributed by atoms with Crippen molar-refractivity contribution in [3.63, 3.8) is 0 Å². The second-order valence-corrected chi connectivity index (χ2v) is 5.88. The minimum Gasteiger partial charge on any atom is -0.388 e. The summed E-state index contributed by atoms with van der Waals surface area (Å²) in [5.41, 5.74) is -1.38. The van der Waals surface area contributed by atoms with E-state index in [1.54, 1.807) is 0 Å². The number of nitrogens with one attached hydrogen (secondary N) is 1. The van der Waals surface area contributed by atoms with E-state index in [1.807, 2.05) is 0 Å². The highest BCUT2D eigenvalue weighted by molar-refractivity contribution is 5.17. The smallest absolute Gasteiger partial charge is 0.0905 e. The fourth-order valence-electron chi connectivity index (χ4n) is 3.91. The Morgan fingerprint density at radius 2 is 1.76 bits per heavy atom. The molecule has 3 aliphatic rings. The number of hydrogen-bond donors (Lipinski definition) is 2. The van der Waals surface area contributed by atoms with Crippen LogP contribution in [0.4, 0.5) is 0 Å². The van der Waals surface area contributed by atoms with Gasteiger partial charge in [-0.15, -0.1) is 0 Å². The highest BCUT2D eigenvalue weighted by atomic mass is 16.5. The average molecular weight is 236 g/mol. The molecule has 0 radical (unpaired) electrons. The molecule has 3 heterocycles. The van der Waals surface area contributed by atoms with E-state index in [-0.39, 0.29) is 0 Å². The van der Waals surface area contributed by atoms with Crippen molar-refractivity contribution >= 4 is 0 Å². The van der Waals surface area contributed by atoms with Gasteiger partial charge < -0.3 is 15.2 Å². The molecule has 0 spiro atoms. The van der Waals surface area contributed by atoms with Crippen LogP contribution in [0.15, 0.2) is 0 Å². The van der Waals surface area contributed by atoms with Crippen molar-refractivity contribution in [3.8, 4) is 6.07 Å². The second-order valence-electron chi connectivity index (χ2n) is 5.88. The van der Waals surface area contributed by atoms with Crippen LogP contribution in [0.3, 0.4) is 0 Å². The first-order valence-electron chi connectivity index (χ1n) is 6.65. The van der Waals surface area contributed by atoms with Gasteiger partial charge in [-0.05, 0) is 38.5 Å². The summed E-state index contributed by atoms with van der Waals surface area (Å²) >= 11 is 0. The number of nitriles is 1. The molecule has 3 rings (SSSR count). The maximum absolute atomic E-state index is 11.0. The zero-order valence-corrected chi connectivity index (χ0v) is 10.1. The van der Waals surface area contributed by atoms with E-state index < -0.39 is 11.0 Å². The Hall–Kier alpha value is -0.630. The molecule has 0 aromatic heterocycles. The third-order valence-electron chi connectivity index (χ3n) is 4.95. The number of fused-ring (bicyclic) bond motifs is 2. The Balaban J connectivity index is 1.88. The first kappa shape index (κ1) is 11.5. The third kappa shape index (κ3) is 1.69. The largest absolute Gasteiger partial charge is 0.388 e. The maximum atomic E-state index is 11.0. The monoisotopic (exact) mass is 236 g/mol. The SMILES string of the molecule is N#CC1(C2(O)CC3CCC(C2)N3)CCOCC1. The van der Waals surface area contributed by atoms with E-state index in [0.717, 1.165) is 25.7 Å². The van der Waals surface area contributed by atoms with Crippen LogP contribution in [-0.2, 0) is 4.74 Å². The average Bonchev–Trinajstić information content (AvgIpc) is 2.70. The zero-order chi connectivity index (χ0) is 11.9. The second kappa shape index (κ2) is 3.94. The third-order valence-corrected chi connectivity index (χ3v) is 4.95. The van der Waals surface area contributed by atoms with E-state index >= 15 is 0 Å². The lowest BCUT2D eigenvalue weighted by molar-refractivity contribution is -0.127. The quantitative estimate of drug-likeness (QED) is 0.711. The summed E-state index contributed by atoms with van der Waals surface area (Å²) in [5, 5.41) is 24.1. The van der Waals surface area contributed by atoms with Gasteiger partial charge in [0, 0.05) is 25.3 Å². The lowest BCUT2D eigenvalue weighted by Gasteiger charge is -2.49. The molecule has 3 fully saturated rings. The van der Waals surface area contributed by atoms with Crippen molar-refractivity contribution in [1.82, 2.24) is 5.32 Å². The van der Waals surface area contributed by atoms with Crippen molar-refractivity contribution < 1.29 is 9.84 Å². The number of ether oxygens (including phenoxy) is 1. The lowest BCUT2D eigenvalue weighted by Crippen LogP contribution is -2.58. The molecule has 94 valence electrons. The van der Waals surface area contributed by atoms with E-state index in [1.165, 1.54) is 0 Å². The van der Waals surface area contributed by atoms with Gasteiger partial charge in [-0.1, -0.05) is 0 Å². The highest BCUT2D eigenvalue weighted by Crippen LogP contribution is 2.49. The number of rotatable bonds is 1. The number of nitrogens with zero attached hydrogens (tertiary/aromatic N) is 1. The fraction of sp³-hybridized carbons (Fsp3) is 0.923. The van der Waals surface area contributed by atoms with Crippen molar-refractivity contribution in [1.29, 1.82) is 5.26 Å². The standard InChI is InChI=1S/C13H20N2O2/c14-9-12(3-5-17-6-4-12)13(16)7-10-1-2-11(8-13)15-10/h10-11,15-16H,1-8H2. The van der Waals surface area contributed by atoms with Crippen LogP contribution in [0.1, 0.15) is 38.5 Å². The summed E-state index contributed by atoms with van der Waals surface area (Å²) < 4.78 is 5.35. The van der Waals surface area contributed by atoms with Crippen molar-refractivity contribution in [2.75, 3.05) is 13.2 Å². The van der Waals surface area contributed by atoms with Gasteiger partial charge in [-0.25, -0.2) is 0 Å².